The van der Waals surface area contributed by atoms with Crippen molar-refractivity contribution in [2.45, 2.75) is 102 Å². The molecule has 40 heavy (non-hydrogen) atoms. The second-order valence-electron chi connectivity index (χ2n) is 13.3. The Hall–Kier alpha value is -1.83. The lowest BCUT2D eigenvalue weighted by atomic mass is 9.91. The molecule has 0 radical (unpaired) electrons. The first-order valence-electron chi connectivity index (χ1n) is 14.8. The van der Waals surface area contributed by atoms with E-state index in [2.05, 4.69) is 10.2 Å². The van der Waals surface area contributed by atoms with Gasteiger partial charge in [-0.05, 0) is 24.7 Å². The van der Waals surface area contributed by atoms with Crippen LogP contribution in [0.4, 0.5) is 0 Å². The summed E-state index contributed by atoms with van der Waals surface area (Å²) in [4.78, 5) is 46.2. The standard InChI is InChI=1S/C28H46N4O8/c1-28(2,3)12-24(34)31-15-19-14-30(6-9-39-19)27(37)20-10-17(13-32(20)18-4-7-38-8-5-18)29-23(33)11-21-25(35)26(36)22(16-31)40-21/h17-22,25-26,35-36H,4-16H2,1-3H3,(H,29,33)/t17-,19-,20-,21-,22+,25-,26+/m0/s1. The lowest BCUT2D eigenvalue weighted by Gasteiger charge is -2.40. The van der Waals surface area contributed by atoms with Gasteiger partial charge >= 0.3 is 0 Å². The maximum absolute atomic E-state index is 14.0. The minimum Gasteiger partial charge on any atom is -0.388 e. The number of carbonyl (C=O) groups is 3. The normalized spacial score (nSPS) is 37.1. The molecule has 0 aromatic carbocycles. The van der Waals surface area contributed by atoms with Crippen LogP contribution < -0.4 is 5.32 Å². The van der Waals surface area contributed by atoms with E-state index in [1.807, 2.05) is 25.7 Å². The molecule has 3 N–H and O–H groups in total. The molecule has 3 amide bonds. The minimum atomic E-state index is -1.25. The fourth-order valence-corrected chi connectivity index (χ4v) is 6.79. The first-order chi connectivity index (χ1) is 19.0. The number of fused-ring (bicyclic) bond motifs is 6. The van der Waals surface area contributed by atoms with Crippen LogP contribution in [0.15, 0.2) is 0 Å². The third-order valence-electron chi connectivity index (χ3n) is 8.81. The maximum Gasteiger partial charge on any atom is 0.240 e. The van der Waals surface area contributed by atoms with Crippen LogP contribution in [0, 0.1) is 5.41 Å². The van der Waals surface area contributed by atoms with Crippen molar-refractivity contribution in [2.75, 3.05) is 52.5 Å². The van der Waals surface area contributed by atoms with Crippen LogP contribution in [-0.4, -0.2) is 144 Å². The van der Waals surface area contributed by atoms with Crippen LogP contribution in [0.2, 0.25) is 0 Å². The average molecular weight is 567 g/mol. The summed E-state index contributed by atoms with van der Waals surface area (Å²) in [5.74, 6) is -0.372. The summed E-state index contributed by atoms with van der Waals surface area (Å²) in [5, 5.41) is 24.6. The lowest BCUT2D eigenvalue weighted by molar-refractivity contribution is -0.148. The number of likely N-dealkylation sites (tertiary alicyclic amines) is 1. The van der Waals surface area contributed by atoms with Crippen LogP contribution in [-0.2, 0) is 28.6 Å². The molecule has 226 valence electrons. The average Bonchev–Trinajstić information content (AvgIpc) is 3.43. The highest BCUT2D eigenvalue weighted by atomic mass is 16.5. The molecule has 6 bridgehead atoms. The van der Waals surface area contributed by atoms with Gasteiger partial charge in [-0.15, -0.1) is 0 Å². The van der Waals surface area contributed by atoms with E-state index in [0.29, 0.717) is 45.9 Å². The highest BCUT2D eigenvalue weighted by Crippen LogP contribution is 2.30. The molecule has 0 unspecified atom stereocenters. The Morgan fingerprint density at radius 2 is 1.73 bits per heavy atom. The Kier molecular flexibility index (Phi) is 9.03. The molecular weight excluding hydrogens is 520 g/mol. The number of hydrogen-bond acceptors (Lipinski definition) is 9. The molecule has 0 saturated carbocycles. The summed E-state index contributed by atoms with van der Waals surface area (Å²) in [5.41, 5.74) is -0.260. The van der Waals surface area contributed by atoms with Gasteiger partial charge in [0.2, 0.25) is 17.7 Å². The number of aliphatic hydroxyl groups is 2. The molecule has 5 saturated heterocycles. The van der Waals surface area contributed by atoms with E-state index in [1.54, 1.807) is 4.90 Å². The van der Waals surface area contributed by atoms with Crippen LogP contribution in [0.25, 0.3) is 0 Å². The van der Waals surface area contributed by atoms with Gasteiger partial charge in [0, 0.05) is 64.4 Å². The summed E-state index contributed by atoms with van der Waals surface area (Å²) in [6.07, 6.45) is -2.26. The van der Waals surface area contributed by atoms with E-state index in [1.165, 1.54) is 0 Å². The van der Waals surface area contributed by atoms with Crippen LogP contribution in [0.5, 0.6) is 0 Å². The van der Waals surface area contributed by atoms with Crippen molar-refractivity contribution in [3.05, 3.63) is 0 Å². The largest absolute Gasteiger partial charge is 0.388 e. The molecule has 0 aromatic heterocycles. The zero-order chi connectivity index (χ0) is 28.6. The van der Waals surface area contributed by atoms with E-state index in [0.717, 1.165) is 12.8 Å². The van der Waals surface area contributed by atoms with E-state index < -0.39 is 24.4 Å². The molecule has 5 aliphatic rings. The molecule has 7 atom stereocenters. The monoisotopic (exact) mass is 566 g/mol. The first kappa shape index (κ1) is 29.7. The molecular formula is C28H46N4O8. The molecule has 5 fully saturated rings. The van der Waals surface area contributed by atoms with Gasteiger partial charge in [-0.3, -0.25) is 19.3 Å². The summed E-state index contributed by atoms with van der Waals surface area (Å²) in [7, 11) is 0. The highest BCUT2D eigenvalue weighted by Gasteiger charge is 2.47. The van der Waals surface area contributed by atoms with E-state index >= 15 is 0 Å². The number of nitrogens with zero attached hydrogens (tertiary/aromatic N) is 3. The summed E-state index contributed by atoms with van der Waals surface area (Å²) < 4.78 is 17.6. The van der Waals surface area contributed by atoms with Crippen molar-refractivity contribution in [3.8, 4) is 0 Å². The predicted octanol–water partition coefficient (Wildman–Crippen LogP) is -0.890. The Labute approximate surface area is 236 Å². The van der Waals surface area contributed by atoms with Crippen molar-refractivity contribution in [3.63, 3.8) is 0 Å². The Balaban J connectivity index is 1.41. The number of morpholine rings is 1. The van der Waals surface area contributed by atoms with Crippen molar-refractivity contribution in [2.24, 2.45) is 5.41 Å². The van der Waals surface area contributed by atoms with Gasteiger partial charge in [-0.25, -0.2) is 0 Å². The molecule has 5 aliphatic heterocycles. The zero-order valence-electron chi connectivity index (χ0n) is 24.0. The van der Waals surface area contributed by atoms with Gasteiger partial charge in [0.25, 0.3) is 0 Å². The zero-order valence-corrected chi connectivity index (χ0v) is 24.0. The third-order valence-corrected chi connectivity index (χ3v) is 8.81. The van der Waals surface area contributed by atoms with Crippen LogP contribution >= 0.6 is 0 Å². The molecule has 12 heteroatoms. The summed E-state index contributed by atoms with van der Waals surface area (Å²) >= 11 is 0. The Morgan fingerprint density at radius 1 is 1.00 bits per heavy atom. The van der Waals surface area contributed by atoms with E-state index in [-0.39, 0.29) is 73.3 Å². The van der Waals surface area contributed by atoms with Crippen molar-refractivity contribution in [1.82, 2.24) is 20.0 Å². The number of amides is 3. The van der Waals surface area contributed by atoms with Gasteiger partial charge in [0.05, 0.1) is 31.3 Å². The fraction of sp³-hybridized carbons (Fsp3) is 0.893. The summed E-state index contributed by atoms with van der Waals surface area (Å²) in [6, 6.07) is -0.373. The van der Waals surface area contributed by atoms with Gasteiger partial charge < -0.3 is 39.5 Å². The second kappa shape index (κ2) is 12.2. The molecule has 0 aliphatic carbocycles. The summed E-state index contributed by atoms with van der Waals surface area (Å²) in [6.45, 7) is 9.30. The SMILES string of the molecule is CC(C)(C)CC(=O)N1C[C@@H]2CN(CCO2)C(=O)[C@@H]2C[C@@H](CN2C2CCOCC2)NC(=O)C[C@@H]2O[C@H](C1)[C@@H](O)[C@H]2O. The lowest BCUT2D eigenvalue weighted by Crippen LogP contribution is -2.56. The molecule has 5 heterocycles. The number of ether oxygens (including phenoxy) is 3. The fourth-order valence-electron chi connectivity index (χ4n) is 6.79. The highest BCUT2D eigenvalue weighted by molar-refractivity contribution is 5.83. The van der Waals surface area contributed by atoms with Crippen LogP contribution in [0.3, 0.4) is 0 Å². The van der Waals surface area contributed by atoms with Gasteiger partial charge in [-0.2, -0.15) is 0 Å². The predicted molar refractivity (Wildman–Crippen MR) is 143 cm³/mol. The Bertz CT molecular complexity index is 938. The molecule has 12 nitrogen and oxygen atoms in total. The number of rotatable bonds is 2. The Morgan fingerprint density at radius 3 is 2.45 bits per heavy atom. The smallest absolute Gasteiger partial charge is 0.240 e. The van der Waals surface area contributed by atoms with Crippen molar-refractivity contribution in [1.29, 1.82) is 0 Å². The van der Waals surface area contributed by atoms with Gasteiger partial charge in [0.1, 0.15) is 18.3 Å². The topological polar surface area (TPSA) is 141 Å². The molecule has 0 spiro atoms. The maximum atomic E-state index is 14.0. The van der Waals surface area contributed by atoms with Crippen molar-refractivity contribution >= 4 is 17.7 Å². The molecule has 0 aromatic rings. The first-order valence-corrected chi connectivity index (χ1v) is 14.8. The van der Waals surface area contributed by atoms with Gasteiger partial charge in [-0.1, -0.05) is 20.8 Å². The number of hydrogen-bond donors (Lipinski definition) is 3. The van der Waals surface area contributed by atoms with E-state index in [9.17, 15) is 24.6 Å². The molecule has 5 rings (SSSR count). The van der Waals surface area contributed by atoms with Gasteiger partial charge in [0.15, 0.2) is 0 Å². The number of nitrogens with one attached hydrogen (secondary N) is 1. The second-order valence-corrected chi connectivity index (χ2v) is 13.3. The number of aliphatic hydroxyl groups excluding tert-OH is 2. The van der Waals surface area contributed by atoms with Crippen molar-refractivity contribution < 1.29 is 38.8 Å². The van der Waals surface area contributed by atoms with Crippen LogP contribution in [0.1, 0.15) is 52.9 Å². The minimum absolute atomic E-state index is 0.0328. The quantitative estimate of drug-likeness (QED) is 0.388. The van der Waals surface area contributed by atoms with E-state index in [4.69, 9.17) is 14.2 Å². The third kappa shape index (κ3) is 6.79. The number of carbonyl (C=O) groups excluding carboxylic acids is 3.